The van der Waals surface area contributed by atoms with E-state index in [1.807, 2.05) is 48.5 Å². The number of rotatable bonds is 15. The van der Waals surface area contributed by atoms with Crippen molar-refractivity contribution in [3.63, 3.8) is 0 Å². The van der Waals surface area contributed by atoms with Gasteiger partial charge >= 0.3 is 18.2 Å². The molecule has 0 aromatic heterocycles. The maximum atomic E-state index is 14.3. The smallest absolute Gasteiger partial charge is 0.407 e. The van der Waals surface area contributed by atoms with Crippen LogP contribution in [0, 0.1) is 5.92 Å². The van der Waals surface area contributed by atoms with Crippen molar-refractivity contribution in [1.82, 2.24) is 20.4 Å². The quantitative estimate of drug-likeness (QED) is 0.174. The molecule has 16 heteroatoms. The molecule has 1 saturated heterocycles. The van der Waals surface area contributed by atoms with Gasteiger partial charge in [0.25, 0.3) is 0 Å². The fourth-order valence-electron chi connectivity index (χ4n) is 7.80. The minimum atomic E-state index is -4.79. The fraction of sp³-hybridized carbons (Fsp3) is 0.439. The van der Waals surface area contributed by atoms with Crippen LogP contribution in [-0.4, -0.2) is 109 Å². The average Bonchev–Trinajstić information content (AvgIpc) is 3.49. The summed E-state index contributed by atoms with van der Waals surface area (Å²) in [5, 5.41) is 14.9. The second-order valence-corrected chi connectivity index (χ2v) is 15.0. The van der Waals surface area contributed by atoms with E-state index in [0.29, 0.717) is 17.0 Å². The van der Waals surface area contributed by atoms with Gasteiger partial charge in [-0.25, -0.2) is 4.79 Å². The van der Waals surface area contributed by atoms with E-state index >= 15 is 0 Å². The number of amides is 4. The van der Waals surface area contributed by atoms with Gasteiger partial charge in [0.15, 0.2) is 0 Å². The van der Waals surface area contributed by atoms with E-state index in [-0.39, 0.29) is 45.1 Å². The standard InChI is InChI=1S/C41H46ClF3N4O8/c1-25(46-39(55)57-22-33-31-11-6-4-9-29(31)30-10-5-7-12-32(30)33)36(52)47-34(23-56-3)38(54)48(2)40(20-26-13-15-28(42)16-14-26)17-8-18-49(24-40)37(53)27(19-35(50)51)21-41(43,44)45/h4-7,9-16,25,27,33-34H,8,17-24H2,1-3H3,(H,46,55)(H,47,52)(H,50,51). The van der Waals surface area contributed by atoms with E-state index in [9.17, 15) is 42.3 Å². The number of carbonyl (C=O) groups excluding carboxylic acids is 4. The third-order valence-electron chi connectivity index (χ3n) is 10.6. The van der Waals surface area contributed by atoms with Crippen LogP contribution in [0.1, 0.15) is 55.2 Å². The first-order valence-corrected chi connectivity index (χ1v) is 18.9. The first kappa shape index (κ1) is 43.0. The molecular weight excluding hydrogens is 769 g/mol. The van der Waals surface area contributed by atoms with Crippen molar-refractivity contribution < 1.29 is 51.7 Å². The molecule has 0 spiro atoms. The van der Waals surface area contributed by atoms with Gasteiger partial charge in [-0.15, -0.1) is 0 Å². The number of aliphatic carboxylic acids is 1. The molecular formula is C41H46ClF3N4O8. The molecule has 2 aliphatic rings. The molecule has 1 aliphatic carbocycles. The number of methoxy groups -OCH3 is 1. The molecule has 5 rings (SSSR count). The summed E-state index contributed by atoms with van der Waals surface area (Å²) in [4.78, 5) is 68.4. The highest BCUT2D eigenvalue weighted by atomic mass is 35.5. The molecule has 12 nitrogen and oxygen atoms in total. The minimum absolute atomic E-state index is 0.0201. The summed E-state index contributed by atoms with van der Waals surface area (Å²) in [7, 11) is 2.81. The van der Waals surface area contributed by atoms with Crippen LogP contribution in [-0.2, 0) is 35.1 Å². The van der Waals surface area contributed by atoms with Gasteiger partial charge in [0.1, 0.15) is 18.7 Å². The molecule has 1 heterocycles. The summed E-state index contributed by atoms with van der Waals surface area (Å²) in [5.74, 6) is -5.94. The third-order valence-corrected chi connectivity index (χ3v) is 10.9. The number of hydrogen-bond acceptors (Lipinski definition) is 7. The molecule has 306 valence electrons. The van der Waals surface area contributed by atoms with Crippen LogP contribution < -0.4 is 10.6 Å². The summed E-state index contributed by atoms with van der Waals surface area (Å²) in [5.41, 5.74) is 3.65. The van der Waals surface area contributed by atoms with Crippen molar-refractivity contribution in [2.45, 2.75) is 68.7 Å². The molecule has 0 radical (unpaired) electrons. The van der Waals surface area contributed by atoms with Crippen LogP contribution in [0.2, 0.25) is 5.02 Å². The van der Waals surface area contributed by atoms with Crippen molar-refractivity contribution in [2.75, 3.05) is 40.5 Å². The molecule has 3 aromatic rings. The monoisotopic (exact) mass is 814 g/mol. The zero-order valence-corrected chi connectivity index (χ0v) is 32.6. The van der Waals surface area contributed by atoms with Crippen molar-refractivity contribution in [2.24, 2.45) is 5.92 Å². The first-order valence-electron chi connectivity index (χ1n) is 18.5. The molecule has 4 amide bonds. The largest absolute Gasteiger partial charge is 0.481 e. The van der Waals surface area contributed by atoms with E-state index in [2.05, 4.69) is 10.6 Å². The van der Waals surface area contributed by atoms with Gasteiger partial charge in [-0.2, -0.15) is 13.2 Å². The van der Waals surface area contributed by atoms with Gasteiger partial charge in [0, 0.05) is 38.2 Å². The SMILES string of the molecule is COCC(NC(=O)C(C)NC(=O)OCC1c2ccccc2-c2ccccc21)C(=O)N(C)C1(Cc2ccc(Cl)cc2)CCCN(C(=O)C(CC(=O)O)CC(F)(F)F)C1. The number of alkyl carbamates (subject to hydrolysis) is 1. The molecule has 57 heavy (non-hydrogen) atoms. The molecule has 0 saturated carbocycles. The number of nitrogens with zero attached hydrogens (tertiary/aromatic N) is 2. The van der Waals surface area contributed by atoms with Gasteiger partial charge in [0.2, 0.25) is 17.7 Å². The summed E-state index contributed by atoms with van der Waals surface area (Å²) in [6.45, 7) is 1.01. The number of likely N-dealkylation sites (N-methyl/N-ethyl adjacent to an activating group) is 1. The second kappa shape index (κ2) is 18.4. The lowest BCUT2D eigenvalue weighted by molar-refractivity contribution is -0.166. The van der Waals surface area contributed by atoms with E-state index < -0.39 is 72.3 Å². The number of carboxylic acid groups (broad SMARTS) is 1. The molecule has 3 aromatic carbocycles. The highest BCUT2D eigenvalue weighted by molar-refractivity contribution is 6.30. The zero-order chi connectivity index (χ0) is 41.5. The number of alkyl halides is 3. The highest BCUT2D eigenvalue weighted by Gasteiger charge is 2.47. The predicted octanol–water partition coefficient (Wildman–Crippen LogP) is 5.80. The van der Waals surface area contributed by atoms with E-state index in [1.165, 1.54) is 30.9 Å². The zero-order valence-electron chi connectivity index (χ0n) is 31.8. The number of carboxylic acids is 1. The normalized spacial score (nSPS) is 18.1. The predicted molar refractivity (Wildman–Crippen MR) is 204 cm³/mol. The molecule has 0 bridgehead atoms. The number of hydrogen-bond donors (Lipinski definition) is 3. The number of benzene rings is 3. The number of halogens is 4. The van der Waals surface area contributed by atoms with Crippen molar-refractivity contribution >= 4 is 41.4 Å². The first-order chi connectivity index (χ1) is 27.0. The number of fused-ring (bicyclic) bond motifs is 3. The summed E-state index contributed by atoms with van der Waals surface area (Å²) in [6, 6.07) is 20.0. The number of likely N-dealkylation sites (tertiary alicyclic amines) is 1. The maximum Gasteiger partial charge on any atom is 0.407 e. The number of carbonyl (C=O) groups is 5. The van der Waals surface area contributed by atoms with Gasteiger partial charge in [-0.1, -0.05) is 72.3 Å². The second-order valence-electron chi connectivity index (χ2n) is 14.6. The Morgan fingerprint density at radius 3 is 2.18 bits per heavy atom. The Morgan fingerprint density at radius 2 is 1.60 bits per heavy atom. The minimum Gasteiger partial charge on any atom is -0.481 e. The Hall–Kier alpha value is -5.15. The van der Waals surface area contributed by atoms with Gasteiger partial charge < -0.3 is 35.0 Å². The number of nitrogens with one attached hydrogen (secondary N) is 2. The Labute approximate surface area is 333 Å². The van der Waals surface area contributed by atoms with Gasteiger partial charge in [-0.05, 0) is 66.1 Å². The van der Waals surface area contributed by atoms with Crippen LogP contribution >= 0.6 is 11.6 Å². The Kier molecular flexibility index (Phi) is 13.9. The Morgan fingerprint density at radius 1 is 0.982 bits per heavy atom. The molecule has 1 fully saturated rings. The van der Waals surface area contributed by atoms with Crippen molar-refractivity contribution in [3.8, 4) is 11.1 Å². The maximum absolute atomic E-state index is 14.3. The van der Waals surface area contributed by atoms with Crippen molar-refractivity contribution in [1.29, 1.82) is 0 Å². The lowest BCUT2D eigenvalue weighted by atomic mass is 9.80. The lowest BCUT2D eigenvalue weighted by Gasteiger charge is -2.49. The van der Waals surface area contributed by atoms with Crippen molar-refractivity contribution in [3.05, 3.63) is 94.5 Å². The summed E-state index contributed by atoms with van der Waals surface area (Å²) in [6.07, 6.45) is -7.51. The van der Waals surface area contributed by atoms with Gasteiger partial charge in [-0.3, -0.25) is 19.2 Å². The third kappa shape index (κ3) is 10.6. The Bertz CT molecular complexity index is 1900. The van der Waals surface area contributed by atoms with Crippen LogP contribution in [0.4, 0.5) is 18.0 Å². The number of ether oxygens (including phenoxy) is 2. The van der Waals surface area contributed by atoms with Gasteiger partial charge in [0.05, 0.1) is 30.9 Å². The molecule has 4 unspecified atom stereocenters. The molecule has 1 aliphatic heterocycles. The van der Waals surface area contributed by atoms with Crippen LogP contribution in [0.15, 0.2) is 72.8 Å². The molecule has 4 atom stereocenters. The van der Waals surface area contributed by atoms with Crippen LogP contribution in [0.3, 0.4) is 0 Å². The lowest BCUT2D eigenvalue weighted by Crippen LogP contribution is -2.65. The van der Waals surface area contributed by atoms with E-state index in [4.69, 9.17) is 21.1 Å². The molecule has 3 N–H and O–H groups in total. The van der Waals surface area contributed by atoms with Crippen LogP contribution in [0.5, 0.6) is 0 Å². The highest BCUT2D eigenvalue weighted by Crippen LogP contribution is 2.44. The fourth-order valence-corrected chi connectivity index (χ4v) is 7.93. The average molecular weight is 815 g/mol. The summed E-state index contributed by atoms with van der Waals surface area (Å²) < 4.78 is 51.3. The summed E-state index contributed by atoms with van der Waals surface area (Å²) >= 11 is 6.12. The van der Waals surface area contributed by atoms with E-state index in [1.54, 1.807) is 24.3 Å². The Balaban J connectivity index is 1.29. The topological polar surface area (TPSA) is 155 Å². The number of piperidine rings is 1. The van der Waals surface area contributed by atoms with Crippen LogP contribution in [0.25, 0.3) is 11.1 Å². The van der Waals surface area contributed by atoms with E-state index in [0.717, 1.165) is 22.3 Å².